The van der Waals surface area contributed by atoms with Crippen molar-refractivity contribution >= 4 is 33.3 Å². The largest absolute Gasteiger partial charge is 0.315 e. The van der Waals surface area contributed by atoms with E-state index in [1.54, 1.807) is 11.3 Å². The number of nitrogens with one attached hydrogen (secondary N) is 1. The molecule has 0 unspecified atom stereocenters. The van der Waals surface area contributed by atoms with Crippen LogP contribution in [0.2, 0.25) is 0 Å². The van der Waals surface area contributed by atoms with Gasteiger partial charge in [-0.3, -0.25) is 9.67 Å². The summed E-state index contributed by atoms with van der Waals surface area (Å²) in [7, 11) is 1.95. The Labute approximate surface area is 167 Å². The van der Waals surface area contributed by atoms with Gasteiger partial charge in [-0.15, -0.1) is 10.2 Å². The molecule has 4 aromatic rings. The maximum absolute atomic E-state index is 4.73. The molecule has 0 saturated heterocycles. The van der Waals surface area contributed by atoms with Crippen LogP contribution in [-0.4, -0.2) is 29.9 Å². The predicted molar refractivity (Wildman–Crippen MR) is 113 cm³/mol. The first-order chi connectivity index (χ1) is 13.5. The quantitative estimate of drug-likeness (QED) is 0.511. The molecule has 0 aliphatic carbocycles. The maximum Gasteiger partial charge on any atom is 0.211 e. The SMILES string of the molecule is CCCc1nn(C)cc1-c1cnc2ccc(Nc3nnc(C(C)C)s3)nc2c1. The Morgan fingerprint density at radius 1 is 1.18 bits per heavy atom. The molecule has 0 bridgehead atoms. The minimum atomic E-state index is 0.362. The third-order valence-electron chi connectivity index (χ3n) is 4.41. The van der Waals surface area contributed by atoms with Gasteiger partial charge in [-0.2, -0.15) is 5.10 Å². The molecule has 144 valence electrons. The lowest BCUT2D eigenvalue weighted by atomic mass is 10.1. The third-order valence-corrected chi connectivity index (χ3v) is 5.55. The van der Waals surface area contributed by atoms with Crippen LogP contribution in [0.4, 0.5) is 10.9 Å². The van der Waals surface area contributed by atoms with E-state index in [-0.39, 0.29) is 0 Å². The third kappa shape index (κ3) is 3.73. The smallest absolute Gasteiger partial charge is 0.211 e. The summed E-state index contributed by atoms with van der Waals surface area (Å²) in [6.45, 7) is 6.38. The van der Waals surface area contributed by atoms with Gasteiger partial charge in [0.15, 0.2) is 0 Å². The van der Waals surface area contributed by atoms with Crippen LogP contribution >= 0.6 is 11.3 Å². The van der Waals surface area contributed by atoms with E-state index in [9.17, 15) is 0 Å². The van der Waals surface area contributed by atoms with E-state index in [2.05, 4.69) is 52.4 Å². The Morgan fingerprint density at radius 3 is 2.79 bits per heavy atom. The number of fused-ring (bicyclic) bond motifs is 1. The molecule has 0 amide bonds. The molecule has 4 rings (SSSR count). The van der Waals surface area contributed by atoms with E-state index in [1.807, 2.05) is 36.3 Å². The topological polar surface area (TPSA) is 81.4 Å². The molecule has 0 aliphatic heterocycles. The van der Waals surface area contributed by atoms with Crippen LogP contribution in [0, 0.1) is 0 Å². The minimum absolute atomic E-state index is 0.362. The van der Waals surface area contributed by atoms with Crippen molar-refractivity contribution in [2.75, 3.05) is 5.32 Å². The van der Waals surface area contributed by atoms with Crippen molar-refractivity contribution in [3.63, 3.8) is 0 Å². The highest BCUT2D eigenvalue weighted by Crippen LogP contribution is 2.28. The highest BCUT2D eigenvalue weighted by Gasteiger charge is 2.12. The summed E-state index contributed by atoms with van der Waals surface area (Å²) in [4.78, 5) is 9.32. The fourth-order valence-electron chi connectivity index (χ4n) is 3.05. The first kappa shape index (κ1) is 18.5. The first-order valence-electron chi connectivity index (χ1n) is 9.43. The van der Waals surface area contributed by atoms with Crippen LogP contribution < -0.4 is 5.32 Å². The van der Waals surface area contributed by atoms with Gasteiger partial charge in [0.1, 0.15) is 10.8 Å². The lowest BCUT2D eigenvalue weighted by Gasteiger charge is -2.06. The van der Waals surface area contributed by atoms with E-state index < -0.39 is 0 Å². The Bertz CT molecular complexity index is 1110. The van der Waals surface area contributed by atoms with E-state index >= 15 is 0 Å². The van der Waals surface area contributed by atoms with Gasteiger partial charge >= 0.3 is 0 Å². The fourth-order valence-corrected chi connectivity index (χ4v) is 3.80. The molecule has 28 heavy (non-hydrogen) atoms. The standard InChI is InChI=1S/C20H23N7S/c1-5-6-15-14(11-27(4)26-15)13-9-17-16(21-10-13)7-8-18(22-17)23-20-25-24-19(28-20)12(2)3/h7-12H,5-6H2,1-4H3,(H,22,23,25). The van der Waals surface area contributed by atoms with Crippen molar-refractivity contribution in [1.29, 1.82) is 0 Å². The van der Waals surface area contributed by atoms with E-state index in [0.29, 0.717) is 5.92 Å². The van der Waals surface area contributed by atoms with Crippen LogP contribution in [0.1, 0.15) is 43.8 Å². The summed E-state index contributed by atoms with van der Waals surface area (Å²) in [6, 6.07) is 5.95. The second-order valence-electron chi connectivity index (χ2n) is 7.10. The zero-order valence-electron chi connectivity index (χ0n) is 16.5. The van der Waals surface area contributed by atoms with Crippen LogP contribution in [0.15, 0.2) is 30.6 Å². The maximum atomic E-state index is 4.73. The molecule has 0 saturated carbocycles. The molecular weight excluding hydrogens is 370 g/mol. The Balaban J connectivity index is 1.67. The average molecular weight is 394 g/mol. The molecule has 7 nitrogen and oxygen atoms in total. The summed E-state index contributed by atoms with van der Waals surface area (Å²) in [5.74, 6) is 1.10. The molecule has 0 atom stereocenters. The molecule has 4 heterocycles. The summed E-state index contributed by atoms with van der Waals surface area (Å²) in [6.07, 6.45) is 5.94. The molecule has 0 radical (unpaired) electrons. The van der Waals surface area contributed by atoms with Gasteiger partial charge in [-0.1, -0.05) is 38.5 Å². The van der Waals surface area contributed by atoms with Gasteiger partial charge in [0.05, 0.1) is 16.7 Å². The first-order valence-corrected chi connectivity index (χ1v) is 10.2. The van der Waals surface area contributed by atoms with Gasteiger partial charge in [-0.25, -0.2) is 4.98 Å². The summed E-state index contributed by atoms with van der Waals surface area (Å²) in [5, 5.41) is 18.0. The van der Waals surface area contributed by atoms with Crippen molar-refractivity contribution in [1.82, 2.24) is 29.9 Å². The van der Waals surface area contributed by atoms with Gasteiger partial charge in [0.25, 0.3) is 0 Å². The number of aromatic nitrogens is 6. The second-order valence-corrected chi connectivity index (χ2v) is 8.11. The Kier molecular flexibility index (Phi) is 5.04. The minimum Gasteiger partial charge on any atom is -0.315 e. The highest BCUT2D eigenvalue weighted by atomic mass is 32.1. The van der Waals surface area contributed by atoms with Crippen molar-refractivity contribution in [3.8, 4) is 11.1 Å². The Morgan fingerprint density at radius 2 is 2.04 bits per heavy atom. The zero-order chi connectivity index (χ0) is 19.7. The molecule has 4 aromatic heterocycles. The molecule has 8 heteroatoms. The normalized spacial score (nSPS) is 11.5. The van der Waals surface area contributed by atoms with Crippen LogP contribution in [-0.2, 0) is 13.5 Å². The van der Waals surface area contributed by atoms with E-state index in [1.165, 1.54) is 0 Å². The number of anilines is 2. The van der Waals surface area contributed by atoms with Gasteiger partial charge in [0.2, 0.25) is 5.13 Å². The molecule has 0 spiro atoms. The highest BCUT2D eigenvalue weighted by molar-refractivity contribution is 7.15. The fraction of sp³-hybridized carbons (Fsp3) is 0.350. The van der Waals surface area contributed by atoms with Crippen LogP contribution in [0.25, 0.3) is 22.2 Å². The number of rotatable bonds is 6. The van der Waals surface area contributed by atoms with Gasteiger partial charge in [0, 0.05) is 36.5 Å². The summed E-state index contributed by atoms with van der Waals surface area (Å²) in [5.41, 5.74) is 4.93. The summed E-state index contributed by atoms with van der Waals surface area (Å²) < 4.78 is 1.86. The molecule has 1 N–H and O–H groups in total. The Hall–Kier alpha value is -2.87. The number of nitrogens with zero attached hydrogens (tertiary/aromatic N) is 6. The average Bonchev–Trinajstić information content (AvgIpc) is 3.28. The molecule has 0 fully saturated rings. The van der Waals surface area contributed by atoms with Crippen LogP contribution in [0.5, 0.6) is 0 Å². The predicted octanol–water partition coefficient (Wildman–Crippen LogP) is 4.70. The zero-order valence-corrected chi connectivity index (χ0v) is 17.3. The molecular formula is C20H23N7S. The van der Waals surface area contributed by atoms with E-state index in [4.69, 9.17) is 4.98 Å². The number of aryl methyl sites for hydroxylation is 2. The molecule has 0 aromatic carbocycles. The van der Waals surface area contributed by atoms with Crippen LogP contribution in [0.3, 0.4) is 0 Å². The number of hydrogen-bond acceptors (Lipinski definition) is 7. The van der Waals surface area contributed by atoms with E-state index in [0.717, 1.165) is 56.7 Å². The monoisotopic (exact) mass is 393 g/mol. The lowest BCUT2D eigenvalue weighted by molar-refractivity contribution is 0.733. The van der Waals surface area contributed by atoms with Crippen molar-refractivity contribution in [2.45, 2.75) is 39.5 Å². The lowest BCUT2D eigenvalue weighted by Crippen LogP contribution is -1.95. The van der Waals surface area contributed by atoms with Gasteiger partial charge < -0.3 is 5.32 Å². The number of pyridine rings is 2. The van der Waals surface area contributed by atoms with Crippen molar-refractivity contribution in [2.24, 2.45) is 7.05 Å². The van der Waals surface area contributed by atoms with Gasteiger partial charge in [-0.05, 0) is 24.6 Å². The summed E-state index contributed by atoms with van der Waals surface area (Å²) >= 11 is 1.55. The second kappa shape index (κ2) is 7.63. The van der Waals surface area contributed by atoms with Crippen molar-refractivity contribution in [3.05, 3.63) is 41.3 Å². The van der Waals surface area contributed by atoms with Crippen molar-refractivity contribution < 1.29 is 0 Å². The number of hydrogen-bond donors (Lipinski definition) is 1. The molecule has 0 aliphatic rings.